The van der Waals surface area contributed by atoms with Gasteiger partial charge in [-0.3, -0.25) is 4.79 Å². The van der Waals surface area contributed by atoms with Gasteiger partial charge in [0.15, 0.2) is 0 Å². The van der Waals surface area contributed by atoms with Crippen molar-refractivity contribution in [1.29, 1.82) is 0 Å². The number of amides is 1. The zero-order chi connectivity index (χ0) is 13.9. The third-order valence-corrected chi connectivity index (χ3v) is 3.60. The number of fused-ring (bicyclic) bond motifs is 1. The molecule has 1 aliphatic heterocycles. The highest BCUT2D eigenvalue weighted by molar-refractivity contribution is 6.03. The van der Waals surface area contributed by atoms with E-state index in [1.807, 2.05) is 35.0 Å². The summed E-state index contributed by atoms with van der Waals surface area (Å²) in [7, 11) is 0. The molecule has 0 atom stereocenters. The van der Waals surface area contributed by atoms with Gasteiger partial charge < -0.3 is 15.2 Å². The Bertz CT molecular complexity index is 630. The zero-order valence-corrected chi connectivity index (χ0v) is 11.6. The second-order valence-corrected chi connectivity index (χ2v) is 5.09. The van der Waals surface area contributed by atoms with E-state index >= 15 is 0 Å². The molecule has 3 rings (SSSR count). The fourth-order valence-corrected chi connectivity index (χ4v) is 2.63. The standard InChI is InChI=1S/C16H19N3O/c1-2-9-19-10-3-4-15(19)16(20)18-13-5-6-14-12(11-13)7-8-17-14/h3-6,10-11,17H,2,7-9H2,1H3,(H,18,20). The van der Waals surface area contributed by atoms with Gasteiger partial charge in [0.1, 0.15) is 5.69 Å². The van der Waals surface area contributed by atoms with E-state index in [2.05, 4.69) is 23.6 Å². The molecule has 0 fully saturated rings. The Morgan fingerprint density at radius 3 is 3.15 bits per heavy atom. The Morgan fingerprint density at radius 1 is 1.40 bits per heavy atom. The first-order valence-corrected chi connectivity index (χ1v) is 7.11. The van der Waals surface area contributed by atoms with Gasteiger partial charge in [-0.1, -0.05) is 6.92 Å². The third kappa shape index (κ3) is 2.41. The SMILES string of the molecule is CCCn1cccc1C(=O)Nc1ccc2c(c1)CCN2. The van der Waals surface area contributed by atoms with E-state index in [-0.39, 0.29) is 5.91 Å². The van der Waals surface area contributed by atoms with Gasteiger partial charge in [0.25, 0.3) is 5.91 Å². The Hall–Kier alpha value is -2.23. The average molecular weight is 269 g/mol. The van der Waals surface area contributed by atoms with E-state index in [9.17, 15) is 4.79 Å². The first kappa shape index (κ1) is 12.8. The smallest absolute Gasteiger partial charge is 0.272 e. The van der Waals surface area contributed by atoms with Gasteiger partial charge in [-0.2, -0.15) is 0 Å². The molecule has 1 aliphatic rings. The summed E-state index contributed by atoms with van der Waals surface area (Å²) in [4.78, 5) is 12.3. The van der Waals surface area contributed by atoms with E-state index in [1.54, 1.807) is 0 Å². The molecule has 0 radical (unpaired) electrons. The maximum atomic E-state index is 12.3. The van der Waals surface area contributed by atoms with Crippen LogP contribution >= 0.6 is 0 Å². The number of benzene rings is 1. The Morgan fingerprint density at radius 2 is 2.30 bits per heavy atom. The summed E-state index contributed by atoms with van der Waals surface area (Å²) in [5.74, 6) is -0.0469. The fraction of sp³-hybridized carbons (Fsp3) is 0.312. The highest BCUT2D eigenvalue weighted by Crippen LogP contribution is 2.25. The monoisotopic (exact) mass is 269 g/mol. The van der Waals surface area contributed by atoms with Crippen LogP contribution < -0.4 is 10.6 Å². The highest BCUT2D eigenvalue weighted by Gasteiger charge is 2.13. The molecule has 0 saturated carbocycles. The van der Waals surface area contributed by atoms with Crippen molar-refractivity contribution in [2.24, 2.45) is 0 Å². The molecule has 1 aromatic carbocycles. The van der Waals surface area contributed by atoms with Crippen molar-refractivity contribution in [2.45, 2.75) is 26.3 Å². The van der Waals surface area contributed by atoms with E-state index in [1.165, 1.54) is 11.3 Å². The molecule has 0 spiro atoms. The molecule has 0 unspecified atom stereocenters. The second kappa shape index (κ2) is 5.41. The first-order chi connectivity index (χ1) is 9.78. The number of rotatable bonds is 4. The molecule has 2 aromatic rings. The largest absolute Gasteiger partial charge is 0.384 e. The molecule has 2 heterocycles. The van der Waals surface area contributed by atoms with Gasteiger partial charge in [-0.25, -0.2) is 0 Å². The lowest BCUT2D eigenvalue weighted by Gasteiger charge is -2.10. The van der Waals surface area contributed by atoms with Crippen molar-refractivity contribution in [2.75, 3.05) is 17.2 Å². The van der Waals surface area contributed by atoms with Crippen molar-refractivity contribution in [3.05, 3.63) is 47.8 Å². The Labute approximate surface area is 118 Å². The van der Waals surface area contributed by atoms with Crippen LogP contribution in [0.3, 0.4) is 0 Å². The number of aryl methyl sites for hydroxylation is 1. The molecule has 20 heavy (non-hydrogen) atoms. The van der Waals surface area contributed by atoms with Crippen LogP contribution in [0.1, 0.15) is 29.4 Å². The molecule has 0 saturated heterocycles. The van der Waals surface area contributed by atoms with Crippen LogP contribution in [0.4, 0.5) is 11.4 Å². The second-order valence-electron chi connectivity index (χ2n) is 5.09. The van der Waals surface area contributed by atoms with Gasteiger partial charge in [-0.15, -0.1) is 0 Å². The average Bonchev–Trinajstić information content (AvgIpc) is 3.07. The number of hydrogen-bond acceptors (Lipinski definition) is 2. The highest BCUT2D eigenvalue weighted by atomic mass is 16.1. The lowest BCUT2D eigenvalue weighted by Crippen LogP contribution is -2.16. The van der Waals surface area contributed by atoms with Crippen LogP contribution in [0, 0.1) is 0 Å². The zero-order valence-electron chi connectivity index (χ0n) is 11.6. The van der Waals surface area contributed by atoms with Gasteiger partial charge in [0, 0.05) is 30.7 Å². The van der Waals surface area contributed by atoms with Crippen LogP contribution in [0.2, 0.25) is 0 Å². The number of anilines is 2. The summed E-state index contributed by atoms with van der Waals surface area (Å²) in [5.41, 5.74) is 4.02. The quantitative estimate of drug-likeness (QED) is 0.895. The lowest BCUT2D eigenvalue weighted by molar-refractivity contribution is 0.101. The minimum atomic E-state index is -0.0469. The molecule has 4 heteroatoms. The summed E-state index contributed by atoms with van der Waals surface area (Å²) in [6.45, 7) is 3.95. The van der Waals surface area contributed by atoms with Crippen LogP contribution in [0.25, 0.3) is 0 Å². The number of carbonyl (C=O) groups is 1. The molecule has 0 bridgehead atoms. The first-order valence-electron chi connectivity index (χ1n) is 7.11. The normalized spacial score (nSPS) is 12.8. The summed E-state index contributed by atoms with van der Waals surface area (Å²) < 4.78 is 1.99. The summed E-state index contributed by atoms with van der Waals surface area (Å²) in [6, 6.07) is 9.81. The van der Waals surface area contributed by atoms with Crippen molar-refractivity contribution in [3.8, 4) is 0 Å². The number of hydrogen-bond donors (Lipinski definition) is 2. The predicted molar refractivity (Wildman–Crippen MR) is 81.3 cm³/mol. The summed E-state index contributed by atoms with van der Waals surface area (Å²) >= 11 is 0. The van der Waals surface area contributed by atoms with Crippen molar-refractivity contribution >= 4 is 17.3 Å². The van der Waals surface area contributed by atoms with E-state index in [0.29, 0.717) is 5.69 Å². The molecule has 104 valence electrons. The number of aromatic nitrogens is 1. The Kier molecular flexibility index (Phi) is 3.46. The van der Waals surface area contributed by atoms with Crippen LogP contribution in [-0.4, -0.2) is 17.0 Å². The topological polar surface area (TPSA) is 46.1 Å². The minimum Gasteiger partial charge on any atom is -0.384 e. The van der Waals surface area contributed by atoms with E-state index in [0.717, 1.165) is 31.6 Å². The molecule has 1 aromatic heterocycles. The van der Waals surface area contributed by atoms with Crippen molar-refractivity contribution in [3.63, 3.8) is 0 Å². The van der Waals surface area contributed by atoms with E-state index in [4.69, 9.17) is 0 Å². The van der Waals surface area contributed by atoms with Gasteiger partial charge >= 0.3 is 0 Å². The van der Waals surface area contributed by atoms with Crippen LogP contribution in [-0.2, 0) is 13.0 Å². The lowest BCUT2D eigenvalue weighted by atomic mass is 10.1. The minimum absolute atomic E-state index is 0.0469. The molecule has 2 N–H and O–H groups in total. The van der Waals surface area contributed by atoms with Crippen LogP contribution in [0.5, 0.6) is 0 Å². The number of carbonyl (C=O) groups excluding carboxylic acids is 1. The maximum Gasteiger partial charge on any atom is 0.272 e. The summed E-state index contributed by atoms with van der Waals surface area (Å²) in [6.07, 6.45) is 3.98. The Balaban J connectivity index is 1.77. The third-order valence-electron chi connectivity index (χ3n) is 3.60. The van der Waals surface area contributed by atoms with Crippen molar-refractivity contribution in [1.82, 2.24) is 4.57 Å². The number of nitrogens with zero attached hydrogens (tertiary/aromatic N) is 1. The molecular weight excluding hydrogens is 250 g/mol. The molecular formula is C16H19N3O. The summed E-state index contributed by atoms with van der Waals surface area (Å²) in [5, 5.41) is 6.30. The van der Waals surface area contributed by atoms with Crippen LogP contribution in [0.15, 0.2) is 36.5 Å². The van der Waals surface area contributed by atoms with Gasteiger partial charge in [0.2, 0.25) is 0 Å². The van der Waals surface area contributed by atoms with Gasteiger partial charge in [0.05, 0.1) is 0 Å². The molecule has 4 nitrogen and oxygen atoms in total. The number of nitrogens with one attached hydrogen (secondary N) is 2. The predicted octanol–water partition coefficient (Wildman–Crippen LogP) is 3.12. The molecule has 0 aliphatic carbocycles. The maximum absolute atomic E-state index is 12.3. The van der Waals surface area contributed by atoms with Gasteiger partial charge in [-0.05, 0) is 48.7 Å². The fourth-order valence-electron chi connectivity index (χ4n) is 2.63. The molecule has 1 amide bonds. The van der Waals surface area contributed by atoms with E-state index < -0.39 is 0 Å². The van der Waals surface area contributed by atoms with Crippen molar-refractivity contribution < 1.29 is 4.79 Å².